The molecule has 1 fully saturated rings. The Hall–Kier alpha value is -0.790. The molecule has 0 saturated heterocycles. The van der Waals surface area contributed by atoms with Crippen LogP contribution in [0.5, 0.6) is 0 Å². The van der Waals surface area contributed by atoms with Crippen molar-refractivity contribution >= 4 is 6.29 Å². The fraction of sp³-hybridized carbons (Fsp3) is 0.667. The lowest BCUT2D eigenvalue weighted by Crippen LogP contribution is -2.16. The third kappa shape index (κ3) is 2.07. The molecule has 0 radical (unpaired) electrons. The van der Waals surface area contributed by atoms with Gasteiger partial charge in [0.2, 0.25) is 0 Å². The minimum absolute atomic E-state index is 0.227. The predicted octanol–water partition coefficient (Wildman–Crippen LogP) is 2.06. The molecule has 1 aliphatic carbocycles. The molecule has 62 valence electrons. The lowest BCUT2D eigenvalue weighted by atomic mass is 9.82. The molecule has 1 aliphatic rings. The molecule has 1 rings (SSSR count). The van der Waals surface area contributed by atoms with Crippen LogP contribution in [0, 0.1) is 11.8 Å². The molecule has 0 bridgehead atoms. The van der Waals surface area contributed by atoms with Gasteiger partial charge in [-0.2, -0.15) is 0 Å². The summed E-state index contributed by atoms with van der Waals surface area (Å²) in [4.78, 5) is 10.4. The summed E-state index contributed by atoms with van der Waals surface area (Å²) in [5, 5.41) is 9.05. The van der Waals surface area contributed by atoms with E-state index in [1.165, 1.54) is 0 Å². The van der Waals surface area contributed by atoms with E-state index in [1.807, 2.05) is 0 Å². The zero-order valence-electron chi connectivity index (χ0n) is 6.62. The molecule has 1 saturated carbocycles. The van der Waals surface area contributed by atoms with Crippen molar-refractivity contribution in [2.24, 2.45) is 11.8 Å². The van der Waals surface area contributed by atoms with Crippen molar-refractivity contribution in [2.75, 3.05) is 0 Å². The number of carbonyl (C=O) groups excluding carboxylic acids is 1. The fourth-order valence-corrected chi connectivity index (χ4v) is 1.59. The second-order valence-corrected chi connectivity index (χ2v) is 3.24. The van der Waals surface area contributed by atoms with E-state index >= 15 is 0 Å². The van der Waals surface area contributed by atoms with Gasteiger partial charge in [-0.1, -0.05) is 6.58 Å². The third-order valence-electron chi connectivity index (χ3n) is 2.44. The van der Waals surface area contributed by atoms with Crippen molar-refractivity contribution in [3.8, 4) is 0 Å². The summed E-state index contributed by atoms with van der Waals surface area (Å²) < 4.78 is 0. The summed E-state index contributed by atoms with van der Waals surface area (Å²) in [6.07, 6.45) is 4.68. The van der Waals surface area contributed by atoms with Gasteiger partial charge < -0.3 is 9.90 Å². The maximum absolute atomic E-state index is 10.4. The Bertz CT molecular complexity index is 155. The van der Waals surface area contributed by atoms with Gasteiger partial charge in [-0.05, 0) is 25.7 Å². The first-order chi connectivity index (χ1) is 5.24. The maximum Gasteiger partial charge on any atom is 0.123 e. The van der Waals surface area contributed by atoms with Crippen molar-refractivity contribution in [3.05, 3.63) is 12.3 Å². The predicted molar refractivity (Wildman–Crippen MR) is 43.3 cm³/mol. The van der Waals surface area contributed by atoms with Crippen LogP contribution in [0.25, 0.3) is 0 Å². The molecule has 11 heavy (non-hydrogen) atoms. The summed E-state index contributed by atoms with van der Waals surface area (Å²) in [6, 6.07) is 0. The molecule has 0 atom stereocenters. The summed E-state index contributed by atoms with van der Waals surface area (Å²) in [7, 11) is 0. The van der Waals surface area contributed by atoms with E-state index in [1.54, 1.807) is 0 Å². The SMILES string of the molecule is C=C(O)C1CCC(C=O)CC1. The van der Waals surface area contributed by atoms with E-state index in [4.69, 9.17) is 5.11 Å². The van der Waals surface area contributed by atoms with Gasteiger partial charge in [-0.15, -0.1) is 0 Å². The molecule has 0 aromatic heterocycles. The van der Waals surface area contributed by atoms with Gasteiger partial charge >= 0.3 is 0 Å². The summed E-state index contributed by atoms with van der Waals surface area (Å²) in [5.41, 5.74) is 0. The van der Waals surface area contributed by atoms with Crippen LogP contribution in [0.1, 0.15) is 25.7 Å². The molecule has 0 spiro atoms. The van der Waals surface area contributed by atoms with Crippen molar-refractivity contribution in [3.63, 3.8) is 0 Å². The molecule has 0 aliphatic heterocycles. The van der Waals surface area contributed by atoms with E-state index in [0.29, 0.717) is 0 Å². The Morgan fingerprint density at radius 1 is 1.36 bits per heavy atom. The van der Waals surface area contributed by atoms with Crippen LogP contribution >= 0.6 is 0 Å². The van der Waals surface area contributed by atoms with Gasteiger partial charge in [0.15, 0.2) is 0 Å². The number of hydrogen-bond acceptors (Lipinski definition) is 2. The molecule has 0 aromatic rings. The molecule has 0 unspecified atom stereocenters. The highest BCUT2D eigenvalue weighted by molar-refractivity contribution is 5.53. The van der Waals surface area contributed by atoms with Gasteiger partial charge in [0, 0.05) is 11.8 Å². The van der Waals surface area contributed by atoms with E-state index < -0.39 is 0 Å². The van der Waals surface area contributed by atoms with Crippen molar-refractivity contribution in [1.82, 2.24) is 0 Å². The fourth-order valence-electron chi connectivity index (χ4n) is 1.59. The first-order valence-corrected chi connectivity index (χ1v) is 4.07. The van der Waals surface area contributed by atoms with E-state index in [9.17, 15) is 4.79 Å². The second kappa shape index (κ2) is 3.56. The lowest BCUT2D eigenvalue weighted by Gasteiger charge is -2.24. The van der Waals surface area contributed by atoms with Gasteiger partial charge in [0.05, 0.1) is 5.76 Å². The number of aliphatic hydroxyl groups excluding tert-OH is 1. The molecule has 0 aromatic carbocycles. The number of hydrogen-bond donors (Lipinski definition) is 1. The van der Waals surface area contributed by atoms with Crippen LogP contribution in [-0.4, -0.2) is 11.4 Å². The smallest absolute Gasteiger partial charge is 0.123 e. The Balaban J connectivity index is 2.35. The quantitative estimate of drug-likeness (QED) is 0.488. The highest BCUT2D eigenvalue weighted by Crippen LogP contribution is 2.30. The molecule has 2 nitrogen and oxygen atoms in total. The standard InChI is InChI=1S/C9H14O2/c1-7(11)9-4-2-8(6-10)3-5-9/h6,8-9,11H,1-5H2. The Morgan fingerprint density at radius 2 is 1.91 bits per heavy atom. The number of rotatable bonds is 2. The lowest BCUT2D eigenvalue weighted by molar-refractivity contribution is -0.112. The zero-order chi connectivity index (χ0) is 8.27. The van der Waals surface area contributed by atoms with Crippen LogP contribution in [0.2, 0.25) is 0 Å². The first kappa shape index (κ1) is 8.31. The highest BCUT2D eigenvalue weighted by atomic mass is 16.3. The molecular weight excluding hydrogens is 140 g/mol. The van der Waals surface area contributed by atoms with Crippen LogP contribution in [0.15, 0.2) is 12.3 Å². The van der Waals surface area contributed by atoms with Crippen molar-refractivity contribution in [2.45, 2.75) is 25.7 Å². The number of aliphatic hydroxyl groups is 1. The average Bonchev–Trinajstić information content (AvgIpc) is 2.05. The normalized spacial score (nSPS) is 31.3. The Morgan fingerprint density at radius 3 is 2.27 bits per heavy atom. The first-order valence-electron chi connectivity index (χ1n) is 4.07. The summed E-state index contributed by atoms with van der Waals surface area (Å²) in [5.74, 6) is 0.756. The molecule has 2 heteroatoms. The van der Waals surface area contributed by atoms with Gasteiger partial charge in [-0.3, -0.25) is 0 Å². The highest BCUT2D eigenvalue weighted by Gasteiger charge is 2.21. The zero-order valence-corrected chi connectivity index (χ0v) is 6.62. The minimum Gasteiger partial charge on any atom is -0.513 e. The molecule has 0 amide bonds. The number of carbonyl (C=O) groups is 1. The van der Waals surface area contributed by atoms with Gasteiger partial charge in [0.1, 0.15) is 6.29 Å². The topological polar surface area (TPSA) is 37.3 Å². The molecule has 1 N–H and O–H groups in total. The Labute approximate surface area is 66.9 Å². The van der Waals surface area contributed by atoms with E-state index in [0.717, 1.165) is 32.0 Å². The van der Waals surface area contributed by atoms with Crippen LogP contribution in [-0.2, 0) is 4.79 Å². The summed E-state index contributed by atoms with van der Waals surface area (Å²) >= 11 is 0. The summed E-state index contributed by atoms with van der Waals surface area (Å²) in [6.45, 7) is 3.50. The van der Waals surface area contributed by atoms with Gasteiger partial charge in [-0.25, -0.2) is 0 Å². The third-order valence-corrected chi connectivity index (χ3v) is 2.44. The number of allylic oxidation sites excluding steroid dienone is 1. The van der Waals surface area contributed by atoms with Crippen molar-refractivity contribution < 1.29 is 9.90 Å². The van der Waals surface area contributed by atoms with Crippen LogP contribution < -0.4 is 0 Å². The van der Waals surface area contributed by atoms with Gasteiger partial charge in [0.25, 0.3) is 0 Å². The second-order valence-electron chi connectivity index (χ2n) is 3.24. The van der Waals surface area contributed by atoms with Crippen LogP contribution in [0.3, 0.4) is 0 Å². The van der Waals surface area contributed by atoms with Crippen LogP contribution in [0.4, 0.5) is 0 Å². The Kier molecular flexibility index (Phi) is 2.69. The van der Waals surface area contributed by atoms with Crippen molar-refractivity contribution in [1.29, 1.82) is 0 Å². The largest absolute Gasteiger partial charge is 0.513 e. The van der Waals surface area contributed by atoms with E-state index in [2.05, 4.69) is 6.58 Å². The monoisotopic (exact) mass is 154 g/mol. The molecule has 0 heterocycles. The number of aldehydes is 1. The maximum atomic E-state index is 10.4. The molecular formula is C9H14O2. The minimum atomic E-state index is 0.227. The average molecular weight is 154 g/mol. The van der Waals surface area contributed by atoms with E-state index in [-0.39, 0.29) is 17.6 Å².